The highest BCUT2D eigenvalue weighted by molar-refractivity contribution is 6.53. The molecule has 0 radical (unpaired) electrons. The summed E-state index contributed by atoms with van der Waals surface area (Å²) in [6, 6.07) is 0. The fourth-order valence-electron chi connectivity index (χ4n) is 0.454. The molecule has 0 heterocycles. The second-order valence-corrected chi connectivity index (χ2v) is 4.09. The first-order chi connectivity index (χ1) is 4.74. The Kier molecular flexibility index (Phi) is 5.08. The van der Waals surface area contributed by atoms with Crippen LogP contribution in [0.3, 0.4) is 0 Å². The number of hydrogen-bond acceptors (Lipinski definition) is 5. The molecule has 0 N–H and O–H groups in total. The average Bonchev–Trinajstić information content (AvgIpc) is 2.01. The molecular weight excluding hydrogens is 172 g/mol. The SMILES string of the molecule is CO[Si](OC)(OC)OO[SiH3]. The highest BCUT2D eigenvalue weighted by Crippen LogP contribution is 2.06. The number of rotatable bonds is 5. The van der Waals surface area contributed by atoms with Gasteiger partial charge in [-0.25, -0.2) is 4.58 Å². The van der Waals surface area contributed by atoms with Crippen LogP contribution in [0.25, 0.3) is 0 Å². The fraction of sp³-hybridized carbons (Fsp3) is 1.00. The molecule has 0 rings (SSSR count). The summed E-state index contributed by atoms with van der Waals surface area (Å²) in [6.07, 6.45) is 0. The van der Waals surface area contributed by atoms with Crippen LogP contribution in [-0.4, -0.2) is 40.9 Å². The van der Waals surface area contributed by atoms with Gasteiger partial charge in [0.1, 0.15) is 0 Å². The van der Waals surface area contributed by atoms with Crippen LogP contribution in [0.4, 0.5) is 0 Å². The van der Waals surface area contributed by atoms with Crippen molar-refractivity contribution in [3.63, 3.8) is 0 Å². The average molecular weight is 184 g/mol. The van der Waals surface area contributed by atoms with Crippen LogP contribution in [-0.2, 0) is 22.4 Å². The Bertz CT molecular complexity index is 76.7. The number of hydrogen-bond donors (Lipinski definition) is 0. The highest BCUT2D eigenvalue weighted by Gasteiger charge is 2.43. The molecule has 0 aliphatic heterocycles. The van der Waals surface area contributed by atoms with Gasteiger partial charge < -0.3 is 17.9 Å². The van der Waals surface area contributed by atoms with Gasteiger partial charge in [0, 0.05) is 21.3 Å². The van der Waals surface area contributed by atoms with Gasteiger partial charge in [-0.3, -0.25) is 0 Å². The summed E-state index contributed by atoms with van der Waals surface area (Å²) in [5.74, 6) is 0. The van der Waals surface area contributed by atoms with Crippen LogP contribution >= 0.6 is 0 Å². The molecule has 0 unspecified atom stereocenters. The van der Waals surface area contributed by atoms with Gasteiger partial charge in [0.25, 0.3) is 0 Å². The van der Waals surface area contributed by atoms with E-state index in [9.17, 15) is 0 Å². The lowest BCUT2D eigenvalue weighted by molar-refractivity contribution is -0.187. The van der Waals surface area contributed by atoms with Crippen molar-refractivity contribution in [3.05, 3.63) is 0 Å². The first kappa shape index (κ1) is 10.2. The van der Waals surface area contributed by atoms with Crippen molar-refractivity contribution in [2.24, 2.45) is 0 Å². The standard InChI is InChI=1S/C3H12O5Si2/c1-4-10(5-2,6-3)8-7-9/h1-3,9H3. The summed E-state index contributed by atoms with van der Waals surface area (Å²) in [4.78, 5) is 0. The van der Waals surface area contributed by atoms with E-state index in [-0.39, 0.29) is 0 Å². The van der Waals surface area contributed by atoms with E-state index in [1.165, 1.54) is 21.3 Å². The molecule has 0 saturated carbocycles. The lowest BCUT2D eigenvalue weighted by atomic mass is 11.8. The maximum atomic E-state index is 4.85. The van der Waals surface area contributed by atoms with E-state index in [1.54, 1.807) is 0 Å². The van der Waals surface area contributed by atoms with Crippen molar-refractivity contribution >= 4 is 19.5 Å². The van der Waals surface area contributed by atoms with E-state index in [4.69, 9.17) is 17.9 Å². The zero-order chi connectivity index (χ0) is 8.04. The lowest BCUT2D eigenvalue weighted by Gasteiger charge is -2.20. The monoisotopic (exact) mass is 184 g/mol. The van der Waals surface area contributed by atoms with E-state index in [1.807, 2.05) is 0 Å². The van der Waals surface area contributed by atoms with Gasteiger partial charge >= 0.3 is 9.05 Å². The van der Waals surface area contributed by atoms with Crippen molar-refractivity contribution in [2.45, 2.75) is 0 Å². The van der Waals surface area contributed by atoms with Crippen LogP contribution < -0.4 is 0 Å². The Morgan fingerprint density at radius 2 is 1.40 bits per heavy atom. The highest BCUT2D eigenvalue weighted by atomic mass is 28.4. The van der Waals surface area contributed by atoms with Gasteiger partial charge in [-0.05, 0) is 0 Å². The van der Waals surface area contributed by atoms with Gasteiger partial charge in [0.15, 0.2) is 10.5 Å². The molecule has 5 nitrogen and oxygen atoms in total. The molecule has 0 aromatic carbocycles. The predicted molar refractivity (Wildman–Crippen MR) is 38.9 cm³/mol. The molecule has 7 heteroatoms. The Labute approximate surface area is 64.1 Å². The molecule has 0 aliphatic rings. The zero-order valence-corrected chi connectivity index (χ0v) is 9.54. The van der Waals surface area contributed by atoms with Gasteiger partial charge in [-0.2, -0.15) is 0 Å². The largest absolute Gasteiger partial charge is 0.706 e. The van der Waals surface area contributed by atoms with Gasteiger partial charge in [0.2, 0.25) is 0 Å². The predicted octanol–water partition coefficient (Wildman–Crippen LogP) is -1.41. The van der Waals surface area contributed by atoms with Crippen LogP contribution in [0.15, 0.2) is 0 Å². The molecule has 0 amide bonds. The summed E-state index contributed by atoms with van der Waals surface area (Å²) in [6.45, 7) is 0. The zero-order valence-electron chi connectivity index (χ0n) is 6.54. The van der Waals surface area contributed by atoms with Gasteiger partial charge in [-0.1, -0.05) is 0 Å². The molecule has 0 saturated heterocycles. The summed E-state index contributed by atoms with van der Waals surface area (Å²) in [5.41, 5.74) is 0. The Morgan fingerprint density at radius 3 is 1.50 bits per heavy atom. The summed E-state index contributed by atoms with van der Waals surface area (Å²) < 4.78 is 23.8. The van der Waals surface area contributed by atoms with E-state index in [0.717, 1.165) is 0 Å². The normalized spacial score (nSPS) is 12.3. The first-order valence-corrected chi connectivity index (χ1v) is 5.07. The third-order valence-corrected chi connectivity index (χ3v) is 3.31. The molecule has 0 aromatic heterocycles. The topological polar surface area (TPSA) is 46.2 Å². The van der Waals surface area contributed by atoms with Crippen molar-refractivity contribution < 1.29 is 22.4 Å². The third kappa shape index (κ3) is 2.46. The van der Waals surface area contributed by atoms with E-state index < -0.39 is 9.05 Å². The van der Waals surface area contributed by atoms with Crippen LogP contribution in [0.5, 0.6) is 0 Å². The molecule has 0 aromatic rings. The van der Waals surface area contributed by atoms with Crippen molar-refractivity contribution in [2.75, 3.05) is 21.3 Å². The molecule has 0 spiro atoms. The fourth-order valence-corrected chi connectivity index (χ4v) is 1.97. The van der Waals surface area contributed by atoms with Crippen molar-refractivity contribution in [1.29, 1.82) is 0 Å². The minimum Gasteiger partial charge on any atom is -0.353 e. The third-order valence-electron chi connectivity index (χ3n) is 0.935. The molecule has 10 heavy (non-hydrogen) atoms. The molecular formula is C3H12O5Si2. The Hall–Kier alpha value is 0.234. The minimum atomic E-state index is -2.90. The first-order valence-electron chi connectivity index (χ1n) is 2.62. The van der Waals surface area contributed by atoms with Crippen LogP contribution in [0.2, 0.25) is 0 Å². The van der Waals surface area contributed by atoms with Crippen LogP contribution in [0.1, 0.15) is 0 Å². The van der Waals surface area contributed by atoms with E-state index >= 15 is 0 Å². The minimum absolute atomic E-state index is 0.456. The Balaban J connectivity index is 3.87. The molecule has 0 aliphatic carbocycles. The van der Waals surface area contributed by atoms with Crippen LogP contribution in [0, 0.1) is 0 Å². The summed E-state index contributed by atoms with van der Waals surface area (Å²) >= 11 is 0. The molecule has 0 atom stereocenters. The maximum absolute atomic E-state index is 4.85. The quantitative estimate of drug-likeness (QED) is 0.298. The second-order valence-electron chi connectivity index (χ2n) is 1.36. The molecule has 62 valence electrons. The van der Waals surface area contributed by atoms with E-state index in [2.05, 4.69) is 4.58 Å². The van der Waals surface area contributed by atoms with Gasteiger partial charge in [0.05, 0.1) is 0 Å². The molecule has 0 bridgehead atoms. The maximum Gasteiger partial charge on any atom is 0.706 e. The molecule has 0 fully saturated rings. The summed E-state index contributed by atoms with van der Waals surface area (Å²) in [5, 5.41) is 0. The van der Waals surface area contributed by atoms with Crippen molar-refractivity contribution in [3.8, 4) is 0 Å². The summed E-state index contributed by atoms with van der Waals surface area (Å²) in [7, 11) is 1.88. The Morgan fingerprint density at radius 1 is 1.00 bits per heavy atom. The smallest absolute Gasteiger partial charge is 0.353 e. The lowest BCUT2D eigenvalue weighted by Crippen LogP contribution is -2.46. The second kappa shape index (κ2) is 4.96. The van der Waals surface area contributed by atoms with Crippen molar-refractivity contribution in [1.82, 2.24) is 0 Å². The van der Waals surface area contributed by atoms with E-state index in [0.29, 0.717) is 10.5 Å². The van der Waals surface area contributed by atoms with Gasteiger partial charge in [-0.15, -0.1) is 0 Å².